The molecule has 3 atom stereocenters. The zero-order valence-electron chi connectivity index (χ0n) is 18.1. The van der Waals surface area contributed by atoms with Gasteiger partial charge in [-0.25, -0.2) is 0 Å². The predicted octanol–water partition coefficient (Wildman–Crippen LogP) is 5.22. The molecule has 0 radical (unpaired) electrons. The highest BCUT2D eigenvalue weighted by atomic mass is 16.5. The van der Waals surface area contributed by atoms with Gasteiger partial charge in [0.25, 0.3) is 0 Å². The zero-order chi connectivity index (χ0) is 20.2. The molecule has 0 saturated carbocycles. The van der Waals surface area contributed by atoms with Crippen LogP contribution in [0.5, 0.6) is 5.75 Å². The van der Waals surface area contributed by atoms with E-state index in [4.69, 9.17) is 4.74 Å². The molecule has 156 valence electrons. The SMILES string of the molecule is CCn1ccc2cc(CN3CC[C@@H]4[C@H]5CCCN5c5ccc(OC)cc5[C@@H]43)ccc21. The van der Waals surface area contributed by atoms with Crippen molar-refractivity contribution >= 4 is 16.6 Å². The molecule has 3 aromatic rings. The Balaban J connectivity index is 1.36. The highest BCUT2D eigenvalue weighted by Gasteiger charge is 2.48. The topological polar surface area (TPSA) is 20.6 Å². The lowest BCUT2D eigenvalue weighted by Crippen LogP contribution is -2.43. The molecule has 2 saturated heterocycles. The highest BCUT2D eigenvalue weighted by Crippen LogP contribution is 2.52. The number of nitrogens with zero attached hydrogens (tertiary/aromatic N) is 3. The van der Waals surface area contributed by atoms with Crippen molar-refractivity contribution in [1.29, 1.82) is 0 Å². The van der Waals surface area contributed by atoms with E-state index >= 15 is 0 Å². The van der Waals surface area contributed by atoms with Crippen LogP contribution in [-0.2, 0) is 13.1 Å². The monoisotopic (exact) mass is 401 g/mol. The Morgan fingerprint density at radius 2 is 1.97 bits per heavy atom. The smallest absolute Gasteiger partial charge is 0.119 e. The predicted molar refractivity (Wildman–Crippen MR) is 122 cm³/mol. The first-order chi connectivity index (χ1) is 14.8. The second-order valence-corrected chi connectivity index (χ2v) is 9.19. The first-order valence-electron chi connectivity index (χ1n) is 11.5. The maximum atomic E-state index is 5.62. The second kappa shape index (κ2) is 7.05. The first-order valence-corrected chi connectivity index (χ1v) is 11.5. The molecule has 30 heavy (non-hydrogen) atoms. The van der Waals surface area contributed by atoms with Gasteiger partial charge < -0.3 is 14.2 Å². The maximum Gasteiger partial charge on any atom is 0.119 e. The quantitative estimate of drug-likeness (QED) is 0.598. The number of hydrogen-bond donors (Lipinski definition) is 0. The van der Waals surface area contributed by atoms with Crippen LogP contribution in [0.25, 0.3) is 10.9 Å². The van der Waals surface area contributed by atoms with Crippen LogP contribution in [0.1, 0.15) is 43.4 Å². The van der Waals surface area contributed by atoms with Gasteiger partial charge in [0, 0.05) is 55.0 Å². The van der Waals surface area contributed by atoms with Crippen LogP contribution in [0.4, 0.5) is 5.69 Å². The van der Waals surface area contributed by atoms with Crippen LogP contribution >= 0.6 is 0 Å². The summed E-state index contributed by atoms with van der Waals surface area (Å²) in [6, 6.07) is 17.3. The highest BCUT2D eigenvalue weighted by molar-refractivity contribution is 5.80. The van der Waals surface area contributed by atoms with E-state index in [1.807, 2.05) is 0 Å². The van der Waals surface area contributed by atoms with Crippen molar-refractivity contribution in [2.75, 3.05) is 25.1 Å². The molecule has 2 fully saturated rings. The number of anilines is 1. The number of hydrogen-bond acceptors (Lipinski definition) is 3. The van der Waals surface area contributed by atoms with Crippen LogP contribution < -0.4 is 9.64 Å². The second-order valence-electron chi connectivity index (χ2n) is 9.19. The van der Waals surface area contributed by atoms with Crippen molar-refractivity contribution in [2.24, 2.45) is 5.92 Å². The van der Waals surface area contributed by atoms with Gasteiger partial charge in [0.2, 0.25) is 0 Å². The van der Waals surface area contributed by atoms with Crippen molar-refractivity contribution in [3.05, 3.63) is 59.8 Å². The molecule has 2 aromatic carbocycles. The van der Waals surface area contributed by atoms with E-state index in [0.717, 1.165) is 24.8 Å². The van der Waals surface area contributed by atoms with E-state index in [2.05, 4.69) is 70.0 Å². The summed E-state index contributed by atoms with van der Waals surface area (Å²) in [6.07, 6.45) is 6.18. The third-order valence-electron chi connectivity index (χ3n) is 7.77. The Labute approximate surface area is 179 Å². The van der Waals surface area contributed by atoms with Crippen molar-refractivity contribution in [3.63, 3.8) is 0 Å². The minimum Gasteiger partial charge on any atom is -0.497 e. The van der Waals surface area contributed by atoms with Gasteiger partial charge in [-0.2, -0.15) is 0 Å². The number of fused-ring (bicyclic) bond motifs is 7. The Hall–Kier alpha value is -2.46. The standard InChI is InChI=1S/C26H31N3O/c1-3-27-13-10-19-15-18(6-8-23(19)27)17-28-14-11-21-24-5-4-12-29(24)25-9-7-20(30-2)16-22(25)26(21)28/h6-10,13,15-16,21,24,26H,3-5,11-12,14,17H2,1-2H3/t21-,24-,26-/m1/s1. The van der Waals surface area contributed by atoms with Crippen molar-refractivity contribution < 1.29 is 4.74 Å². The Bertz CT molecular complexity index is 1090. The van der Waals surface area contributed by atoms with Crippen LogP contribution in [0.2, 0.25) is 0 Å². The third kappa shape index (κ3) is 2.70. The van der Waals surface area contributed by atoms with Crippen molar-refractivity contribution in [3.8, 4) is 5.75 Å². The average molecular weight is 402 g/mol. The molecular formula is C26H31N3O. The van der Waals surface area contributed by atoms with E-state index in [-0.39, 0.29) is 0 Å². The fourth-order valence-corrected chi connectivity index (χ4v) is 6.44. The molecule has 0 amide bonds. The van der Waals surface area contributed by atoms with Crippen LogP contribution in [0.3, 0.4) is 0 Å². The first kappa shape index (κ1) is 18.3. The molecule has 0 spiro atoms. The molecular weight excluding hydrogens is 370 g/mol. The number of benzene rings is 2. The van der Waals surface area contributed by atoms with Gasteiger partial charge in [0.15, 0.2) is 0 Å². The number of ether oxygens (including phenoxy) is 1. The fourth-order valence-electron chi connectivity index (χ4n) is 6.44. The Morgan fingerprint density at radius 3 is 2.83 bits per heavy atom. The number of aryl methyl sites for hydroxylation is 1. The van der Waals surface area contributed by atoms with Crippen LogP contribution in [-0.4, -0.2) is 35.7 Å². The Kier molecular flexibility index (Phi) is 4.31. The number of aromatic nitrogens is 1. The van der Waals surface area contributed by atoms with E-state index in [1.54, 1.807) is 7.11 Å². The largest absolute Gasteiger partial charge is 0.497 e. The lowest BCUT2D eigenvalue weighted by atomic mass is 9.81. The van der Waals surface area contributed by atoms with E-state index in [0.29, 0.717) is 12.1 Å². The van der Waals surface area contributed by atoms with Gasteiger partial charge in [0.05, 0.1) is 7.11 Å². The summed E-state index contributed by atoms with van der Waals surface area (Å²) in [5.41, 5.74) is 5.69. The third-order valence-corrected chi connectivity index (χ3v) is 7.77. The molecule has 0 unspecified atom stereocenters. The minimum atomic E-state index is 0.505. The Morgan fingerprint density at radius 1 is 1.03 bits per heavy atom. The number of likely N-dealkylation sites (tertiary alicyclic amines) is 1. The molecule has 0 aliphatic carbocycles. The van der Waals surface area contributed by atoms with Gasteiger partial charge in [-0.05, 0) is 85.6 Å². The molecule has 0 N–H and O–H groups in total. The summed E-state index contributed by atoms with van der Waals surface area (Å²) < 4.78 is 7.94. The van der Waals surface area contributed by atoms with Gasteiger partial charge in [-0.15, -0.1) is 0 Å². The fraction of sp³-hybridized carbons (Fsp3) is 0.462. The number of rotatable bonds is 4. The molecule has 3 aliphatic rings. The van der Waals surface area contributed by atoms with Gasteiger partial charge in [-0.3, -0.25) is 4.90 Å². The molecule has 4 nitrogen and oxygen atoms in total. The summed E-state index contributed by atoms with van der Waals surface area (Å²) in [6.45, 7) is 6.65. The summed E-state index contributed by atoms with van der Waals surface area (Å²) in [4.78, 5) is 5.43. The molecule has 4 heteroatoms. The zero-order valence-corrected chi connectivity index (χ0v) is 18.1. The van der Waals surface area contributed by atoms with E-state index in [1.165, 1.54) is 60.1 Å². The molecule has 6 rings (SSSR count). The van der Waals surface area contributed by atoms with Gasteiger partial charge >= 0.3 is 0 Å². The van der Waals surface area contributed by atoms with Crippen LogP contribution in [0, 0.1) is 5.92 Å². The molecule has 1 aromatic heterocycles. The average Bonchev–Trinajstić information content (AvgIpc) is 3.51. The van der Waals surface area contributed by atoms with E-state index in [9.17, 15) is 0 Å². The maximum absolute atomic E-state index is 5.62. The molecule has 3 aliphatic heterocycles. The summed E-state index contributed by atoms with van der Waals surface area (Å²) in [5.74, 6) is 1.72. The van der Waals surface area contributed by atoms with E-state index < -0.39 is 0 Å². The van der Waals surface area contributed by atoms with Gasteiger partial charge in [-0.1, -0.05) is 6.07 Å². The lowest BCUT2D eigenvalue weighted by Gasteiger charge is -2.43. The summed E-state index contributed by atoms with van der Waals surface area (Å²) >= 11 is 0. The van der Waals surface area contributed by atoms with Gasteiger partial charge in [0.1, 0.15) is 5.75 Å². The molecule has 4 heterocycles. The van der Waals surface area contributed by atoms with Crippen LogP contribution in [0.15, 0.2) is 48.7 Å². The number of methoxy groups -OCH3 is 1. The summed E-state index contributed by atoms with van der Waals surface area (Å²) in [5, 5.41) is 1.36. The molecule has 0 bridgehead atoms. The lowest BCUT2D eigenvalue weighted by molar-refractivity contribution is 0.199. The van der Waals surface area contributed by atoms with Crippen molar-refractivity contribution in [1.82, 2.24) is 9.47 Å². The minimum absolute atomic E-state index is 0.505. The normalized spacial score (nSPS) is 25.4. The summed E-state index contributed by atoms with van der Waals surface area (Å²) in [7, 11) is 1.78. The van der Waals surface area contributed by atoms with Crippen molar-refractivity contribution in [2.45, 2.75) is 51.4 Å².